The van der Waals surface area contributed by atoms with Crippen LogP contribution < -0.4 is 11.2 Å². The van der Waals surface area contributed by atoms with E-state index in [4.69, 9.17) is 4.74 Å². The second kappa shape index (κ2) is 10.8. The van der Waals surface area contributed by atoms with Crippen LogP contribution in [0.3, 0.4) is 0 Å². The van der Waals surface area contributed by atoms with Crippen molar-refractivity contribution in [1.29, 1.82) is 0 Å². The minimum atomic E-state index is -0.552. The molecule has 0 N–H and O–H groups in total. The normalized spacial score (nSPS) is 13.6. The summed E-state index contributed by atoms with van der Waals surface area (Å²) in [6.45, 7) is 1.65. The van der Waals surface area contributed by atoms with E-state index in [0.29, 0.717) is 38.3 Å². The van der Waals surface area contributed by atoms with Crippen molar-refractivity contribution in [3.63, 3.8) is 0 Å². The van der Waals surface area contributed by atoms with Crippen LogP contribution in [0.1, 0.15) is 17.5 Å². The Kier molecular flexibility index (Phi) is 7.14. The number of ether oxygens (including phenoxy) is 1. The lowest BCUT2D eigenvalue weighted by Crippen LogP contribution is -2.46. The molecule has 0 saturated carbocycles. The van der Waals surface area contributed by atoms with Gasteiger partial charge in [-0.1, -0.05) is 66.7 Å². The van der Waals surface area contributed by atoms with Crippen molar-refractivity contribution >= 4 is 22.6 Å². The molecule has 1 aliphatic heterocycles. The Morgan fingerprint density at radius 3 is 2.41 bits per heavy atom. The Balaban J connectivity index is 1.48. The van der Waals surface area contributed by atoms with E-state index >= 15 is 0 Å². The molecule has 3 heterocycles. The van der Waals surface area contributed by atoms with Gasteiger partial charge < -0.3 is 14.2 Å². The fraction of sp³-hybridized carbons (Fsp3) is 0.286. The summed E-state index contributed by atoms with van der Waals surface area (Å²) in [5.74, 6) is -0.267. The van der Waals surface area contributed by atoms with Crippen LogP contribution >= 0.6 is 0 Å². The average Bonchev–Trinajstić information content (AvgIpc) is 3.37. The molecule has 0 bridgehead atoms. The summed E-state index contributed by atoms with van der Waals surface area (Å²) >= 11 is 0. The van der Waals surface area contributed by atoms with Crippen molar-refractivity contribution in [2.24, 2.45) is 0 Å². The summed E-state index contributed by atoms with van der Waals surface area (Å²) in [5.41, 5.74) is 2.73. The number of methoxy groups -OCH3 is 1. The molecule has 9 heteroatoms. The minimum Gasteiger partial charge on any atom is -0.383 e. The highest BCUT2D eigenvalue weighted by atomic mass is 16.5. The third-order valence-corrected chi connectivity index (χ3v) is 6.70. The first-order valence-electron chi connectivity index (χ1n) is 12.3. The van der Waals surface area contributed by atoms with Gasteiger partial charge in [0.1, 0.15) is 6.54 Å². The summed E-state index contributed by atoms with van der Waals surface area (Å²) in [7, 11) is 1.58. The molecule has 1 amide bonds. The smallest absolute Gasteiger partial charge is 0.333 e. The predicted octanol–water partition coefficient (Wildman–Crippen LogP) is 2.37. The van der Waals surface area contributed by atoms with E-state index in [2.05, 4.69) is 17.1 Å². The Morgan fingerprint density at radius 1 is 1.00 bits per heavy atom. The molecule has 0 aliphatic carbocycles. The van der Waals surface area contributed by atoms with Crippen molar-refractivity contribution in [1.82, 2.24) is 23.6 Å². The third-order valence-electron chi connectivity index (χ3n) is 6.70. The van der Waals surface area contributed by atoms with Crippen LogP contribution in [0.5, 0.6) is 0 Å². The molecular weight excluding hydrogens is 470 g/mol. The summed E-state index contributed by atoms with van der Waals surface area (Å²) in [6, 6.07) is 19.6. The number of nitrogens with zero attached hydrogens (tertiary/aromatic N) is 5. The highest BCUT2D eigenvalue weighted by Crippen LogP contribution is 2.22. The maximum Gasteiger partial charge on any atom is 0.333 e. The van der Waals surface area contributed by atoms with Crippen LogP contribution in [0.25, 0.3) is 16.7 Å². The van der Waals surface area contributed by atoms with Crippen LogP contribution in [-0.4, -0.2) is 56.3 Å². The molecule has 0 fully saturated rings. The van der Waals surface area contributed by atoms with Crippen LogP contribution in [0.15, 0.2) is 82.7 Å². The van der Waals surface area contributed by atoms with Crippen molar-refractivity contribution in [3.8, 4) is 0 Å². The molecule has 4 aromatic rings. The van der Waals surface area contributed by atoms with Crippen molar-refractivity contribution in [2.45, 2.75) is 26.1 Å². The average molecular weight is 500 g/mol. The highest BCUT2D eigenvalue weighted by Gasteiger charge is 2.23. The number of hydrogen-bond donors (Lipinski definition) is 0. The van der Waals surface area contributed by atoms with Gasteiger partial charge in [-0.05, 0) is 23.1 Å². The molecular formula is C28H29N5O4. The van der Waals surface area contributed by atoms with Crippen LogP contribution in [0, 0.1) is 0 Å². The molecule has 2 aromatic carbocycles. The van der Waals surface area contributed by atoms with Gasteiger partial charge in [0.25, 0.3) is 5.56 Å². The van der Waals surface area contributed by atoms with E-state index in [9.17, 15) is 14.4 Å². The van der Waals surface area contributed by atoms with E-state index in [1.807, 2.05) is 54.6 Å². The van der Waals surface area contributed by atoms with Crippen molar-refractivity contribution < 1.29 is 9.53 Å². The van der Waals surface area contributed by atoms with E-state index in [-0.39, 0.29) is 24.5 Å². The molecule has 0 radical (unpaired) electrons. The maximum absolute atomic E-state index is 13.6. The first-order chi connectivity index (χ1) is 18.1. The van der Waals surface area contributed by atoms with Crippen LogP contribution in [0.2, 0.25) is 0 Å². The Labute approximate surface area is 213 Å². The number of fused-ring (bicyclic) bond motifs is 1. The second-order valence-corrected chi connectivity index (χ2v) is 9.03. The fourth-order valence-corrected chi connectivity index (χ4v) is 4.69. The molecule has 0 spiro atoms. The summed E-state index contributed by atoms with van der Waals surface area (Å²) in [4.78, 5) is 46.4. The molecule has 0 saturated heterocycles. The van der Waals surface area contributed by atoms with Gasteiger partial charge in [0.05, 0.1) is 19.5 Å². The Hall–Kier alpha value is -4.24. The number of hydrogen-bond acceptors (Lipinski definition) is 5. The lowest BCUT2D eigenvalue weighted by Gasteiger charge is -2.27. The summed E-state index contributed by atoms with van der Waals surface area (Å²) in [5, 5.41) is 0. The van der Waals surface area contributed by atoms with E-state index in [1.54, 1.807) is 22.9 Å². The van der Waals surface area contributed by atoms with E-state index < -0.39 is 11.2 Å². The van der Waals surface area contributed by atoms with Gasteiger partial charge in [-0.2, -0.15) is 0 Å². The predicted molar refractivity (Wildman–Crippen MR) is 141 cm³/mol. The largest absolute Gasteiger partial charge is 0.383 e. The number of rotatable bonds is 8. The SMILES string of the molecule is COCCn1cnc2c1c(=O)n(CC(=O)N1CC=C(c3ccccc3)CC1)c(=O)n2Cc1ccccc1. The quantitative estimate of drug-likeness (QED) is 0.371. The fourth-order valence-electron chi connectivity index (χ4n) is 4.69. The van der Waals surface area contributed by atoms with E-state index in [0.717, 1.165) is 15.7 Å². The van der Waals surface area contributed by atoms with E-state index in [1.165, 1.54) is 10.1 Å². The minimum absolute atomic E-state index is 0.235. The summed E-state index contributed by atoms with van der Waals surface area (Å²) < 4.78 is 9.36. The number of carbonyl (C=O) groups excluding carboxylic acids is 1. The monoisotopic (exact) mass is 499 g/mol. The lowest BCUT2D eigenvalue weighted by atomic mass is 9.99. The summed E-state index contributed by atoms with van der Waals surface area (Å²) in [6.07, 6.45) is 4.29. The standard InChI is InChI=1S/C28H29N5O4/c1-37-17-16-31-20-29-26-25(31)27(35)33(28(36)32(26)18-21-8-4-2-5-9-21)19-24(34)30-14-12-23(13-15-30)22-10-6-3-7-11-22/h2-12,20H,13-19H2,1H3. The Bertz CT molecular complexity index is 1550. The number of imidazole rings is 1. The van der Waals surface area contributed by atoms with Crippen LogP contribution in [-0.2, 0) is 29.2 Å². The highest BCUT2D eigenvalue weighted by molar-refractivity contribution is 5.79. The van der Waals surface area contributed by atoms with Gasteiger partial charge in [-0.15, -0.1) is 0 Å². The molecule has 0 atom stereocenters. The molecule has 190 valence electrons. The zero-order valence-electron chi connectivity index (χ0n) is 20.7. The maximum atomic E-state index is 13.6. The molecule has 2 aromatic heterocycles. The van der Waals surface area contributed by atoms with Gasteiger partial charge in [0.2, 0.25) is 5.91 Å². The number of benzene rings is 2. The molecule has 37 heavy (non-hydrogen) atoms. The van der Waals surface area contributed by atoms with Gasteiger partial charge >= 0.3 is 5.69 Å². The molecule has 0 unspecified atom stereocenters. The molecule has 9 nitrogen and oxygen atoms in total. The van der Waals surface area contributed by atoms with Crippen molar-refractivity contribution in [3.05, 3.63) is 105 Å². The first kappa shape index (κ1) is 24.5. The lowest BCUT2D eigenvalue weighted by molar-refractivity contribution is -0.131. The number of amides is 1. The van der Waals surface area contributed by atoms with Gasteiger partial charge in [-0.3, -0.25) is 14.2 Å². The molecule has 1 aliphatic rings. The topological polar surface area (TPSA) is 91.4 Å². The third kappa shape index (κ3) is 5.03. The van der Waals surface area contributed by atoms with Gasteiger partial charge in [-0.25, -0.2) is 14.3 Å². The zero-order valence-corrected chi connectivity index (χ0v) is 20.7. The van der Waals surface area contributed by atoms with Crippen LogP contribution in [0.4, 0.5) is 0 Å². The number of carbonyl (C=O) groups is 1. The zero-order chi connectivity index (χ0) is 25.8. The van der Waals surface area contributed by atoms with Gasteiger partial charge in [0, 0.05) is 26.7 Å². The Morgan fingerprint density at radius 2 is 1.73 bits per heavy atom. The first-order valence-corrected chi connectivity index (χ1v) is 12.3. The molecule has 5 rings (SSSR count). The van der Waals surface area contributed by atoms with Gasteiger partial charge in [0.15, 0.2) is 11.2 Å². The number of aromatic nitrogens is 4. The second-order valence-electron chi connectivity index (χ2n) is 9.03. The van der Waals surface area contributed by atoms with Crippen molar-refractivity contribution in [2.75, 3.05) is 26.8 Å².